The number of hydrogen-bond acceptors (Lipinski definition) is 11. The minimum Gasteiger partial charge on any atom is -0.459 e. The van der Waals surface area contributed by atoms with Crippen LogP contribution in [0.2, 0.25) is 0 Å². The van der Waals surface area contributed by atoms with E-state index in [9.17, 15) is 24.6 Å². The lowest BCUT2D eigenvalue weighted by atomic mass is 9.96. The van der Waals surface area contributed by atoms with Crippen LogP contribution < -0.4 is 5.32 Å². The fraction of sp³-hybridized carbons (Fsp3) is 0.259. The number of hydrogen-bond donors (Lipinski definition) is 3. The van der Waals surface area contributed by atoms with Crippen molar-refractivity contribution in [3.05, 3.63) is 84.4 Å². The van der Waals surface area contributed by atoms with Crippen LogP contribution in [0.5, 0.6) is 0 Å². The summed E-state index contributed by atoms with van der Waals surface area (Å²) in [5.41, 5.74) is -0.795. The van der Waals surface area contributed by atoms with Crippen LogP contribution in [-0.2, 0) is 19.0 Å². The molecule has 2 aromatic carbocycles. The molecule has 40 heavy (non-hydrogen) atoms. The van der Waals surface area contributed by atoms with E-state index >= 15 is 0 Å². The topological polar surface area (TPSA) is 175 Å². The first kappa shape index (κ1) is 26.9. The summed E-state index contributed by atoms with van der Waals surface area (Å²) in [6.45, 7) is -0.166. The third-order valence-electron chi connectivity index (χ3n) is 6.41. The number of aliphatic hydroxyl groups is 2. The number of carbonyl (C=O) groups excluding carboxylic acids is 3. The van der Waals surface area contributed by atoms with E-state index < -0.39 is 55.1 Å². The molecule has 1 saturated heterocycles. The summed E-state index contributed by atoms with van der Waals surface area (Å²) < 4.78 is 18.2. The quantitative estimate of drug-likeness (QED) is 0.273. The fourth-order valence-electron chi connectivity index (χ4n) is 4.40. The molecule has 13 nitrogen and oxygen atoms in total. The van der Waals surface area contributed by atoms with Gasteiger partial charge in [-0.25, -0.2) is 19.7 Å². The number of carbonyl (C=O) groups is 3. The number of aliphatic hydroxyl groups excluding tert-OH is 2. The standard InChI is InChI=1S/C27H25N5O8/c1-16(34)39-20-21(35)27(12-33,13-38-26(37)18-10-6-3-7-11-18)40-25(20)32-15-30-19-22(28-14-29-23(19)32)31-24(36)17-8-4-2-5-9-17/h2-11,14-15,20-21,25,33,35H,12-13H2,1H3,(H,28,29,31,36)/t20-,21-,25-,27+/m1/s1. The van der Waals surface area contributed by atoms with Gasteiger partial charge in [-0.15, -0.1) is 0 Å². The summed E-state index contributed by atoms with van der Waals surface area (Å²) in [7, 11) is 0. The summed E-state index contributed by atoms with van der Waals surface area (Å²) in [5, 5.41) is 24.2. The lowest BCUT2D eigenvalue weighted by Crippen LogP contribution is -2.51. The number of esters is 2. The minimum atomic E-state index is -1.84. The number of rotatable bonds is 8. The molecule has 1 amide bonds. The van der Waals surface area contributed by atoms with E-state index in [0.29, 0.717) is 5.56 Å². The smallest absolute Gasteiger partial charge is 0.338 e. The van der Waals surface area contributed by atoms with E-state index in [4.69, 9.17) is 14.2 Å². The van der Waals surface area contributed by atoms with Gasteiger partial charge in [-0.1, -0.05) is 36.4 Å². The highest BCUT2D eigenvalue weighted by molar-refractivity contribution is 6.06. The first-order valence-corrected chi connectivity index (χ1v) is 12.2. The Bertz CT molecular complexity index is 1530. The highest BCUT2D eigenvalue weighted by atomic mass is 16.6. The zero-order valence-corrected chi connectivity index (χ0v) is 21.2. The van der Waals surface area contributed by atoms with Gasteiger partial charge in [-0.3, -0.25) is 14.2 Å². The Hall–Kier alpha value is -4.72. The molecule has 0 aliphatic carbocycles. The molecule has 2 aromatic heterocycles. The van der Waals surface area contributed by atoms with Crippen LogP contribution in [0.15, 0.2) is 73.3 Å². The van der Waals surface area contributed by atoms with Crippen molar-refractivity contribution in [3.63, 3.8) is 0 Å². The van der Waals surface area contributed by atoms with Crippen molar-refractivity contribution in [2.24, 2.45) is 0 Å². The van der Waals surface area contributed by atoms with Crippen LogP contribution in [0.3, 0.4) is 0 Å². The van der Waals surface area contributed by atoms with Crippen molar-refractivity contribution in [2.45, 2.75) is 31.0 Å². The van der Waals surface area contributed by atoms with Gasteiger partial charge >= 0.3 is 11.9 Å². The fourth-order valence-corrected chi connectivity index (χ4v) is 4.40. The number of ether oxygens (including phenoxy) is 3. The Morgan fingerprint density at radius 1 is 1.02 bits per heavy atom. The third-order valence-corrected chi connectivity index (χ3v) is 6.41. The molecule has 13 heteroatoms. The van der Waals surface area contributed by atoms with Crippen molar-refractivity contribution in [3.8, 4) is 0 Å². The minimum absolute atomic E-state index is 0.116. The van der Waals surface area contributed by atoms with E-state index in [1.807, 2.05) is 0 Å². The van der Waals surface area contributed by atoms with E-state index in [1.54, 1.807) is 60.7 Å². The summed E-state index contributed by atoms with van der Waals surface area (Å²) in [4.78, 5) is 49.9. The van der Waals surface area contributed by atoms with Crippen LogP contribution in [-0.4, -0.2) is 78.6 Å². The first-order chi connectivity index (χ1) is 19.3. The molecule has 0 saturated carbocycles. The molecule has 0 unspecified atom stereocenters. The molecule has 4 atom stereocenters. The number of fused-ring (bicyclic) bond motifs is 1. The first-order valence-electron chi connectivity index (χ1n) is 12.2. The number of imidazole rings is 1. The van der Waals surface area contributed by atoms with Crippen LogP contribution in [0, 0.1) is 0 Å². The molecule has 4 aromatic rings. The summed E-state index contributed by atoms with van der Waals surface area (Å²) in [6, 6.07) is 16.7. The molecule has 206 valence electrons. The maximum Gasteiger partial charge on any atom is 0.338 e. The van der Waals surface area contributed by atoms with Crippen molar-refractivity contribution in [1.29, 1.82) is 0 Å². The molecule has 0 spiro atoms. The number of aromatic nitrogens is 4. The molecular weight excluding hydrogens is 522 g/mol. The predicted molar refractivity (Wildman–Crippen MR) is 138 cm³/mol. The van der Waals surface area contributed by atoms with E-state index in [0.717, 1.165) is 6.92 Å². The number of nitrogens with one attached hydrogen (secondary N) is 1. The molecule has 3 heterocycles. The van der Waals surface area contributed by atoms with Crippen LogP contribution in [0.1, 0.15) is 33.9 Å². The molecule has 1 fully saturated rings. The van der Waals surface area contributed by atoms with Gasteiger partial charge in [0.2, 0.25) is 0 Å². The Kier molecular flexibility index (Phi) is 7.51. The van der Waals surface area contributed by atoms with Crippen LogP contribution in [0.4, 0.5) is 5.82 Å². The average molecular weight is 548 g/mol. The van der Waals surface area contributed by atoms with Crippen molar-refractivity contribution in [2.75, 3.05) is 18.5 Å². The number of amides is 1. The van der Waals surface area contributed by atoms with Gasteiger partial charge in [0.25, 0.3) is 5.91 Å². The van der Waals surface area contributed by atoms with E-state index in [2.05, 4.69) is 20.3 Å². The number of benzene rings is 2. The van der Waals surface area contributed by atoms with Gasteiger partial charge in [-0.05, 0) is 24.3 Å². The van der Waals surface area contributed by atoms with Gasteiger partial charge in [0, 0.05) is 12.5 Å². The van der Waals surface area contributed by atoms with Gasteiger partial charge in [0.1, 0.15) is 19.0 Å². The molecule has 5 rings (SSSR count). The lowest BCUT2D eigenvalue weighted by molar-refractivity contribution is -0.156. The molecule has 1 aliphatic rings. The number of anilines is 1. The Morgan fingerprint density at radius 3 is 2.35 bits per heavy atom. The Morgan fingerprint density at radius 2 is 1.70 bits per heavy atom. The van der Waals surface area contributed by atoms with Crippen molar-refractivity contribution >= 4 is 34.8 Å². The zero-order chi connectivity index (χ0) is 28.3. The monoisotopic (exact) mass is 547 g/mol. The van der Waals surface area contributed by atoms with E-state index in [-0.39, 0.29) is 22.5 Å². The van der Waals surface area contributed by atoms with E-state index in [1.165, 1.54) is 17.2 Å². The molecular formula is C27H25N5O8. The van der Waals surface area contributed by atoms with Crippen molar-refractivity contribution < 1.29 is 38.8 Å². The third kappa shape index (κ3) is 5.12. The largest absolute Gasteiger partial charge is 0.459 e. The molecule has 1 aliphatic heterocycles. The second-order valence-corrected chi connectivity index (χ2v) is 9.06. The van der Waals surface area contributed by atoms with Gasteiger partial charge in [0.05, 0.1) is 18.5 Å². The van der Waals surface area contributed by atoms with Gasteiger partial charge in [0.15, 0.2) is 34.9 Å². The SMILES string of the molecule is CC(=O)O[C@H]1[C@H](n2cnc3c(NC(=O)c4ccccc4)ncnc32)O[C@@](CO)(COC(=O)c2ccccc2)[C@@H]1O. The summed E-state index contributed by atoms with van der Waals surface area (Å²) in [6.07, 6.45) is -1.66. The second-order valence-electron chi connectivity index (χ2n) is 9.06. The lowest BCUT2D eigenvalue weighted by Gasteiger charge is -2.29. The van der Waals surface area contributed by atoms with Crippen LogP contribution >= 0.6 is 0 Å². The molecule has 0 bridgehead atoms. The normalized spacial score (nSPS) is 22.1. The predicted octanol–water partition coefficient (Wildman–Crippen LogP) is 1.49. The maximum atomic E-state index is 12.7. The number of nitrogens with zero attached hydrogens (tertiary/aromatic N) is 4. The average Bonchev–Trinajstić information content (AvgIpc) is 3.52. The molecule has 0 radical (unpaired) electrons. The highest BCUT2D eigenvalue weighted by Crippen LogP contribution is 2.40. The molecule has 3 N–H and O–H groups in total. The summed E-state index contributed by atoms with van der Waals surface area (Å²) >= 11 is 0. The highest BCUT2D eigenvalue weighted by Gasteiger charge is 2.58. The maximum absolute atomic E-state index is 12.7. The van der Waals surface area contributed by atoms with Crippen molar-refractivity contribution in [1.82, 2.24) is 19.5 Å². The zero-order valence-electron chi connectivity index (χ0n) is 21.2. The van der Waals surface area contributed by atoms with Gasteiger partial charge in [-0.2, -0.15) is 0 Å². The Balaban J connectivity index is 1.44. The Labute approximate surface area is 227 Å². The van der Waals surface area contributed by atoms with Gasteiger partial charge < -0.3 is 29.7 Å². The summed E-state index contributed by atoms with van der Waals surface area (Å²) in [5.74, 6) is -1.72. The second kappa shape index (κ2) is 11.2. The van der Waals surface area contributed by atoms with Crippen LogP contribution in [0.25, 0.3) is 11.2 Å².